The van der Waals surface area contributed by atoms with Crippen LogP contribution in [0, 0.1) is 13.8 Å². The maximum absolute atomic E-state index is 12.3. The highest BCUT2D eigenvalue weighted by Crippen LogP contribution is 2.38. The van der Waals surface area contributed by atoms with Crippen LogP contribution in [-0.2, 0) is 20.7 Å². The number of amides is 1. The van der Waals surface area contributed by atoms with Gasteiger partial charge in [-0.25, -0.2) is 4.79 Å². The molecule has 164 valence electrons. The lowest BCUT2D eigenvalue weighted by Crippen LogP contribution is -2.41. The molecule has 0 aromatic heterocycles. The van der Waals surface area contributed by atoms with Crippen LogP contribution in [-0.4, -0.2) is 31.0 Å². The Hall–Kier alpha value is -2.57. The van der Waals surface area contributed by atoms with Crippen molar-refractivity contribution in [2.45, 2.75) is 59.4 Å². The minimum Gasteiger partial charge on any atom is -0.445 e. The van der Waals surface area contributed by atoms with Crippen LogP contribution in [0.15, 0.2) is 54.0 Å². The zero-order valence-corrected chi connectivity index (χ0v) is 19.3. The first-order valence-corrected chi connectivity index (χ1v) is 10.7. The molecule has 1 heterocycles. The Labute approximate surface area is 185 Å². The van der Waals surface area contributed by atoms with Gasteiger partial charge < -0.3 is 19.4 Å². The molecule has 0 bridgehead atoms. The molecule has 0 atom stereocenters. The second-order valence-electron chi connectivity index (χ2n) is 9.08. The Morgan fingerprint density at radius 1 is 1.03 bits per heavy atom. The van der Waals surface area contributed by atoms with Gasteiger partial charge in [0.25, 0.3) is 0 Å². The normalized spacial score (nSPS) is 17.5. The summed E-state index contributed by atoms with van der Waals surface area (Å²) in [4.78, 5) is 12.3. The van der Waals surface area contributed by atoms with Crippen LogP contribution in [0.5, 0.6) is 0 Å². The molecule has 0 aliphatic carbocycles. The fourth-order valence-electron chi connectivity index (χ4n) is 3.33. The summed E-state index contributed by atoms with van der Waals surface area (Å²) in [6.07, 6.45) is 1.56. The van der Waals surface area contributed by atoms with Crippen LogP contribution < -0.4 is 5.32 Å². The maximum Gasteiger partial charge on any atom is 0.492 e. The summed E-state index contributed by atoms with van der Waals surface area (Å²) in [5.74, 6) is 0. The summed E-state index contributed by atoms with van der Waals surface area (Å²) >= 11 is 0. The molecule has 2 aromatic carbocycles. The fraction of sp³-hybridized carbons (Fsp3) is 0.400. The van der Waals surface area contributed by atoms with Gasteiger partial charge in [0.2, 0.25) is 0 Å². The van der Waals surface area contributed by atoms with Crippen molar-refractivity contribution in [2.24, 2.45) is 0 Å². The Morgan fingerprint density at radius 2 is 1.68 bits per heavy atom. The first-order chi connectivity index (χ1) is 14.6. The minimum absolute atomic E-state index is 0.222. The number of hydrogen-bond acceptors (Lipinski definition) is 4. The van der Waals surface area contributed by atoms with Gasteiger partial charge in [-0.1, -0.05) is 60.2 Å². The predicted octanol–water partition coefficient (Wildman–Crippen LogP) is 5.24. The Morgan fingerprint density at radius 3 is 2.29 bits per heavy atom. The number of benzene rings is 2. The molecule has 1 aliphatic rings. The van der Waals surface area contributed by atoms with E-state index in [4.69, 9.17) is 14.0 Å². The lowest BCUT2D eigenvalue weighted by Gasteiger charge is -2.32. The van der Waals surface area contributed by atoms with Crippen LogP contribution in [0.4, 0.5) is 4.79 Å². The summed E-state index contributed by atoms with van der Waals surface area (Å²) in [6.45, 7) is 12.7. The third-order valence-corrected chi connectivity index (χ3v) is 5.97. The molecule has 1 amide bonds. The van der Waals surface area contributed by atoms with E-state index in [2.05, 4.69) is 37.4 Å². The van der Waals surface area contributed by atoms with Crippen LogP contribution in [0.2, 0.25) is 0 Å². The Bertz CT molecular complexity index is 937. The third-order valence-electron chi connectivity index (χ3n) is 5.97. The highest BCUT2D eigenvalue weighted by atomic mass is 16.7. The zero-order valence-electron chi connectivity index (χ0n) is 19.3. The number of carbonyl (C=O) groups excluding carboxylic acids is 1. The number of nitrogens with one attached hydrogen (secondary N) is 1. The molecule has 5 nitrogen and oxygen atoms in total. The van der Waals surface area contributed by atoms with E-state index in [0.29, 0.717) is 0 Å². The monoisotopic (exact) mass is 421 g/mol. The van der Waals surface area contributed by atoms with Crippen molar-refractivity contribution in [3.63, 3.8) is 0 Å². The van der Waals surface area contributed by atoms with E-state index in [-0.39, 0.29) is 13.2 Å². The van der Waals surface area contributed by atoms with Crippen molar-refractivity contribution < 1.29 is 18.8 Å². The van der Waals surface area contributed by atoms with Gasteiger partial charge in [0.1, 0.15) is 6.61 Å². The number of aryl methyl sites for hydroxylation is 2. The average molecular weight is 421 g/mol. The summed E-state index contributed by atoms with van der Waals surface area (Å²) < 4.78 is 17.8. The van der Waals surface area contributed by atoms with Gasteiger partial charge in [-0.3, -0.25) is 0 Å². The molecule has 6 heteroatoms. The van der Waals surface area contributed by atoms with Gasteiger partial charge in [-0.05, 0) is 63.7 Å². The zero-order chi connectivity index (χ0) is 22.6. The molecule has 0 spiro atoms. The molecular weight excluding hydrogens is 389 g/mol. The van der Waals surface area contributed by atoms with E-state index in [1.807, 2.05) is 64.1 Å². The van der Waals surface area contributed by atoms with Crippen molar-refractivity contribution >= 4 is 19.3 Å². The molecule has 1 fully saturated rings. The summed E-state index contributed by atoms with van der Waals surface area (Å²) in [5.41, 5.74) is 4.27. The van der Waals surface area contributed by atoms with Crippen LogP contribution >= 0.6 is 0 Å². The van der Waals surface area contributed by atoms with Gasteiger partial charge in [-0.15, -0.1) is 0 Å². The summed E-state index contributed by atoms with van der Waals surface area (Å²) in [6, 6.07) is 15.9. The molecule has 1 saturated heterocycles. The Balaban J connectivity index is 1.74. The van der Waals surface area contributed by atoms with Crippen LogP contribution in [0.25, 0.3) is 6.08 Å². The highest BCUT2D eigenvalue weighted by Gasteiger charge is 2.52. The first-order valence-electron chi connectivity index (χ1n) is 10.7. The Kier molecular flexibility index (Phi) is 6.92. The van der Waals surface area contributed by atoms with Crippen molar-refractivity contribution in [2.75, 3.05) is 6.54 Å². The standard InChI is InChI=1S/C25H32BNO4/c1-18-12-13-21(19(2)14-18)15-22(26-30-24(3,4)25(5,6)31-26)16-27-23(28)29-17-20-10-8-7-9-11-20/h7-15H,16-17H2,1-6H3,(H,27,28). The van der Waals surface area contributed by atoms with Crippen LogP contribution in [0.1, 0.15) is 49.9 Å². The van der Waals surface area contributed by atoms with Crippen molar-refractivity contribution in [3.05, 3.63) is 76.3 Å². The number of alkyl carbamates (subject to hydrolysis) is 1. The second-order valence-corrected chi connectivity index (χ2v) is 9.08. The number of rotatable bonds is 6. The van der Waals surface area contributed by atoms with E-state index >= 15 is 0 Å². The van der Waals surface area contributed by atoms with E-state index < -0.39 is 24.4 Å². The first kappa shape index (κ1) is 23.1. The lowest BCUT2D eigenvalue weighted by molar-refractivity contribution is 0.00578. The SMILES string of the molecule is Cc1ccc(C=C(CNC(=O)OCc2ccccc2)B2OC(C)(C)C(C)(C)O2)c(C)c1. The predicted molar refractivity (Wildman–Crippen MR) is 125 cm³/mol. The van der Waals surface area contributed by atoms with Gasteiger partial charge in [-0.2, -0.15) is 0 Å². The second kappa shape index (κ2) is 9.29. The van der Waals surface area contributed by atoms with Gasteiger partial charge in [0.15, 0.2) is 0 Å². The van der Waals surface area contributed by atoms with Gasteiger partial charge in [0, 0.05) is 6.54 Å². The quantitative estimate of drug-likeness (QED) is 0.648. The van der Waals surface area contributed by atoms with E-state index in [1.165, 1.54) is 5.56 Å². The van der Waals surface area contributed by atoms with Crippen LogP contribution in [0.3, 0.4) is 0 Å². The molecular formula is C25H32BNO4. The maximum atomic E-state index is 12.3. The number of ether oxygens (including phenoxy) is 1. The molecule has 0 unspecified atom stereocenters. The molecule has 2 aromatic rings. The van der Waals surface area contributed by atoms with E-state index in [0.717, 1.165) is 22.2 Å². The highest BCUT2D eigenvalue weighted by molar-refractivity contribution is 6.56. The summed E-state index contributed by atoms with van der Waals surface area (Å²) in [5, 5.41) is 2.85. The molecule has 1 N–H and O–H groups in total. The number of hydrogen-bond donors (Lipinski definition) is 1. The fourth-order valence-corrected chi connectivity index (χ4v) is 3.33. The van der Waals surface area contributed by atoms with Crippen molar-refractivity contribution in [1.82, 2.24) is 5.32 Å². The average Bonchev–Trinajstić information content (AvgIpc) is 2.93. The molecule has 0 radical (unpaired) electrons. The third kappa shape index (κ3) is 5.78. The van der Waals surface area contributed by atoms with Gasteiger partial charge in [0.05, 0.1) is 11.2 Å². The molecule has 3 rings (SSSR count). The molecule has 0 saturated carbocycles. The van der Waals surface area contributed by atoms with Gasteiger partial charge >= 0.3 is 13.2 Å². The smallest absolute Gasteiger partial charge is 0.445 e. The van der Waals surface area contributed by atoms with E-state index in [9.17, 15) is 4.79 Å². The molecule has 1 aliphatic heterocycles. The van der Waals surface area contributed by atoms with Crippen molar-refractivity contribution in [1.29, 1.82) is 0 Å². The summed E-state index contributed by atoms with van der Waals surface area (Å²) in [7, 11) is -0.555. The molecule has 31 heavy (non-hydrogen) atoms. The topological polar surface area (TPSA) is 56.8 Å². The number of carbonyl (C=O) groups is 1. The lowest BCUT2D eigenvalue weighted by atomic mass is 9.76. The largest absolute Gasteiger partial charge is 0.492 e. The van der Waals surface area contributed by atoms with E-state index in [1.54, 1.807) is 0 Å². The van der Waals surface area contributed by atoms with Crippen molar-refractivity contribution in [3.8, 4) is 0 Å². The minimum atomic E-state index is -0.555.